The van der Waals surface area contributed by atoms with Gasteiger partial charge < -0.3 is 20.1 Å². The third kappa shape index (κ3) is 4.00. The van der Waals surface area contributed by atoms with E-state index in [1.54, 1.807) is 49.4 Å². The Balaban J connectivity index is 1.63. The summed E-state index contributed by atoms with van der Waals surface area (Å²) in [5.41, 5.74) is 1.36. The number of rotatable bonds is 5. The fourth-order valence-corrected chi connectivity index (χ4v) is 2.55. The van der Waals surface area contributed by atoms with Crippen molar-refractivity contribution in [3.63, 3.8) is 0 Å². The molecular weight excluding hydrogens is 336 g/mol. The number of carbonyl (C=O) groups excluding carboxylic acids is 3. The van der Waals surface area contributed by atoms with Crippen molar-refractivity contribution in [1.29, 1.82) is 0 Å². The van der Waals surface area contributed by atoms with E-state index >= 15 is 0 Å². The van der Waals surface area contributed by atoms with Crippen LogP contribution in [0, 0.1) is 0 Å². The van der Waals surface area contributed by atoms with Crippen LogP contribution in [0.25, 0.3) is 0 Å². The molecule has 7 nitrogen and oxygen atoms in total. The Hall–Kier alpha value is -3.35. The number of hydrogen-bond donors (Lipinski definition) is 2. The van der Waals surface area contributed by atoms with Crippen LogP contribution < -0.4 is 15.4 Å². The highest BCUT2D eigenvalue weighted by molar-refractivity contribution is 6.02. The number of hydrogen-bond acceptors (Lipinski definition) is 5. The van der Waals surface area contributed by atoms with Crippen molar-refractivity contribution >= 4 is 29.2 Å². The first-order valence-corrected chi connectivity index (χ1v) is 8.20. The molecule has 0 fully saturated rings. The summed E-state index contributed by atoms with van der Waals surface area (Å²) in [6.45, 7) is 1.99. The normalized spacial score (nSPS) is 15.3. The fraction of sp³-hybridized carbons (Fsp3) is 0.211. The quantitative estimate of drug-likeness (QED) is 0.805. The van der Waals surface area contributed by atoms with Crippen molar-refractivity contribution in [1.82, 2.24) is 0 Å². The topological polar surface area (TPSA) is 93.7 Å². The number of amides is 2. The van der Waals surface area contributed by atoms with Crippen LogP contribution in [0.5, 0.6) is 5.75 Å². The first kappa shape index (κ1) is 17.5. The van der Waals surface area contributed by atoms with Gasteiger partial charge in [0, 0.05) is 5.69 Å². The molecule has 0 radical (unpaired) electrons. The van der Waals surface area contributed by atoms with Crippen LogP contribution in [0.1, 0.15) is 23.7 Å². The molecule has 0 spiro atoms. The van der Waals surface area contributed by atoms with E-state index in [1.807, 2.05) is 0 Å². The summed E-state index contributed by atoms with van der Waals surface area (Å²) < 4.78 is 10.5. The first-order valence-electron chi connectivity index (χ1n) is 8.20. The third-order valence-electron chi connectivity index (χ3n) is 3.73. The van der Waals surface area contributed by atoms with Gasteiger partial charge in [0.05, 0.1) is 24.3 Å². The molecule has 1 aliphatic heterocycles. The maximum atomic E-state index is 12.3. The van der Waals surface area contributed by atoms with Crippen molar-refractivity contribution in [3.8, 4) is 5.75 Å². The Morgan fingerprint density at radius 2 is 2.00 bits per heavy atom. The van der Waals surface area contributed by atoms with E-state index in [4.69, 9.17) is 9.47 Å². The standard InChI is InChI=1S/C19H18N2O5/c1-2-25-19(24)12-6-5-7-13(10-12)20-17(22)11-16-18(23)21-14-8-3-4-9-15(14)26-16/h3-10,16H,2,11H2,1H3,(H,20,22)(H,21,23)/t16-/m0/s1. The zero-order chi connectivity index (χ0) is 18.5. The number of carbonyl (C=O) groups is 3. The molecule has 134 valence electrons. The van der Waals surface area contributed by atoms with Crippen LogP contribution in [0.3, 0.4) is 0 Å². The summed E-state index contributed by atoms with van der Waals surface area (Å²) in [5, 5.41) is 5.38. The van der Waals surface area contributed by atoms with Gasteiger partial charge in [0.1, 0.15) is 5.75 Å². The summed E-state index contributed by atoms with van der Waals surface area (Å²) in [6.07, 6.45) is -1.07. The number of esters is 1. The smallest absolute Gasteiger partial charge is 0.338 e. The lowest BCUT2D eigenvalue weighted by Crippen LogP contribution is -2.39. The highest BCUT2D eigenvalue weighted by Gasteiger charge is 2.29. The van der Waals surface area contributed by atoms with E-state index in [9.17, 15) is 14.4 Å². The van der Waals surface area contributed by atoms with Gasteiger partial charge in [-0.2, -0.15) is 0 Å². The molecule has 1 atom stereocenters. The predicted octanol–water partition coefficient (Wildman–Crippen LogP) is 2.59. The SMILES string of the molecule is CCOC(=O)c1cccc(NC(=O)C[C@@H]2Oc3ccccc3NC2=O)c1. The lowest BCUT2D eigenvalue weighted by atomic mass is 10.1. The second-order valence-corrected chi connectivity index (χ2v) is 5.65. The molecular formula is C19H18N2O5. The van der Waals surface area contributed by atoms with Gasteiger partial charge in [0.15, 0.2) is 6.10 Å². The van der Waals surface area contributed by atoms with E-state index in [2.05, 4.69) is 10.6 Å². The van der Waals surface area contributed by atoms with Gasteiger partial charge in [-0.1, -0.05) is 18.2 Å². The minimum Gasteiger partial charge on any atom is -0.478 e. The van der Waals surface area contributed by atoms with Gasteiger partial charge >= 0.3 is 5.97 Å². The molecule has 2 aromatic rings. The molecule has 3 rings (SSSR count). The highest BCUT2D eigenvalue weighted by atomic mass is 16.5. The van der Waals surface area contributed by atoms with Gasteiger partial charge in [0.25, 0.3) is 5.91 Å². The number of benzene rings is 2. The monoisotopic (exact) mass is 354 g/mol. The third-order valence-corrected chi connectivity index (χ3v) is 3.73. The summed E-state index contributed by atoms with van der Waals surface area (Å²) in [5.74, 6) is -0.714. The van der Waals surface area contributed by atoms with E-state index in [0.717, 1.165) is 0 Å². The molecule has 2 N–H and O–H groups in total. The van der Waals surface area contributed by atoms with Gasteiger partial charge in [0.2, 0.25) is 5.91 Å². The Kier molecular flexibility index (Phi) is 5.17. The maximum absolute atomic E-state index is 12.3. The largest absolute Gasteiger partial charge is 0.478 e. The molecule has 0 aliphatic carbocycles. The fourth-order valence-electron chi connectivity index (χ4n) is 2.55. The Morgan fingerprint density at radius 3 is 2.81 bits per heavy atom. The molecule has 26 heavy (non-hydrogen) atoms. The molecule has 2 amide bonds. The molecule has 0 saturated heterocycles. The second kappa shape index (κ2) is 7.69. The first-order chi connectivity index (χ1) is 12.6. The van der Waals surface area contributed by atoms with Gasteiger partial charge in [-0.05, 0) is 37.3 Å². The van der Waals surface area contributed by atoms with Crippen molar-refractivity contribution in [2.75, 3.05) is 17.2 Å². The molecule has 7 heteroatoms. The van der Waals surface area contributed by atoms with Crippen LogP contribution in [0.4, 0.5) is 11.4 Å². The number of nitrogens with one attached hydrogen (secondary N) is 2. The van der Waals surface area contributed by atoms with Gasteiger partial charge in [-0.15, -0.1) is 0 Å². The molecule has 0 bridgehead atoms. The number of anilines is 2. The lowest BCUT2D eigenvalue weighted by Gasteiger charge is -2.25. The average Bonchev–Trinajstić information content (AvgIpc) is 2.62. The molecule has 0 saturated carbocycles. The summed E-state index contributed by atoms with van der Waals surface area (Å²) >= 11 is 0. The number of fused-ring (bicyclic) bond motifs is 1. The van der Waals surface area contributed by atoms with Crippen LogP contribution >= 0.6 is 0 Å². The van der Waals surface area contributed by atoms with Crippen LogP contribution in [0.15, 0.2) is 48.5 Å². The zero-order valence-corrected chi connectivity index (χ0v) is 14.2. The predicted molar refractivity (Wildman–Crippen MR) is 95.1 cm³/mol. The molecule has 0 unspecified atom stereocenters. The van der Waals surface area contributed by atoms with E-state index in [-0.39, 0.29) is 18.9 Å². The summed E-state index contributed by atoms with van der Waals surface area (Å²) in [7, 11) is 0. The molecule has 0 aromatic heterocycles. The van der Waals surface area contributed by atoms with Crippen LogP contribution in [0.2, 0.25) is 0 Å². The van der Waals surface area contributed by atoms with Gasteiger partial charge in [-0.25, -0.2) is 4.79 Å². The van der Waals surface area contributed by atoms with E-state index < -0.39 is 18.0 Å². The Labute approximate surface area is 150 Å². The summed E-state index contributed by atoms with van der Waals surface area (Å²) in [6, 6.07) is 13.4. The number of ether oxygens (including phenoxy) is 2. The Bertz CT molecular complexity index is 849. The second-order valence-electron chi connectivity index (χ2n) is 5.65. The minimum absolute atomic E-state index is 0.149. The Morgan fingerprint density at radius 1 is 1.19 bits per heavy atom. The maximum Gasteiger partial charge on any atom is 0.338 e. The number of para-hydroxylation sites is 2. The average molecular weight is 354 g/mol. The molecule has 2 aromatic carbocycles. The molecule has 1 aliphatic rings. The van der Waals surface area contributed by atoms with Crippen molar-refractivity contribution < 1.29 is 23.9 Å². The van der Waals surface area contributed by atoms with Crippen LogP contribution in [-0.4, -0.2) is 30.5 Å². The van der Waals surface area contributed by atoms with Crippen LogP contribution in [-0.2, 0) is 14.3 Å². The van der Waals surface area contributed by atoms with E-state index in [0.29, 0.717) is 22.7 Å². The van der Waals surface area contributed by atoms with Crippen molar-refractivity contribution in [3.05, 3.63) is 54.1 Å². The minimum atomic E-state index is -0.918. The summed E-state index contributed by atoms with van der Waals surface area (Å²) in [4.78, 5) is 36.1. The van der Waals surface area contributed by atoms with Crippen molar-refractivity contribution in [2.24, 2.45) is 0 Å². The molecule has 1 heterocycles. The van der Waals surface area contributed by atoms with Gasteiger partial charge in [-0.3, -0.25) is 9.59 Å². The highest BCUT2D eigenvalue weighted by Crippen LogP contribution is 2.29. The van der Waals surface area contributed by atoms with E-state index in [1.165, 1.54) is 6.07 Å². The zero-order valence-electron chi connectivity index (χ0n) is 14.2. The van der Waals surface area contributed by atoms with Crippen molar-refractivity contribution in [2.45, 2.75) is 19.4 Å². The lowest BCUT2D eigenvalue weighted by molar-refractivity contribution is -0.128.